The van der Waals surface area contributed by atoms with Crippen molar-refractivity contribution in [2.24, 2.45) is 0 Å². The Labute approximate surface area is 91.6 Å². The van der Waals surface area contributed by atoms with Gasteiger partial charge in [0, 0.05) is 5.56 Å². The zero-order valence-corrected chi connectivity index (χ0v) is 8.99. The van der Waals surface area contributed by atoms with Gasteiger partial charge in [-0.3, -0.25) is 4.98 Å². The van der Waals surface area contributed by atoms with Crippen molar-refractivity contribution in [3.63, 3.8) is 0 Å². The molecule has 15 heavy (non-hydrogen) atoms. The first-order valence-corrected chi connectivity index (χ1v) is 4.97. The van der Waals surface area contributed by atoms with Crippen molar-refractivity contribution in [3.05, 3.63) is 47.5 Å². The van der Waals surface area contributed by atoms with Crippen LogP contribution in [-0.2, 0) is 0 Å². The molecule has 0 fully saturated rings. The molecule has 1 aromatic carbocycles. The van der Waals surface area contributed by atoms with Crippen LogP contribution in [0.25, 0.3) is 11.3 Å². The van der Waals surface area contributed by atoms with Gasteiger partial charge in [0.05, 0.1) is 5.69 Å². The fraction of sp³-hybridized carbons (Fsp3) is 0.154. The van der Waals surface area contributed by atoms with Crippen molar-refractivity contribution in [2.45, 2.75) is 13.8 Å². The van der Waals surface area contributed by atoms with Crippen LogP contribution in [0.1, 0.15) is 11.1 Å². The molecule has 0 aliphatic carbocycles. The normalized spacial score (nSPS) is 10.3. The molecule has 1 nitrogen and oxygen atoms in total. The quantitative estimate of drug-likeness (QED) is 0.632. The predicted octanol–water partition coefficient (Wildman–Crippen LogP) is 2.16. The van der Waals surface area contributed by atoms with E-state index in [4.69, 9.17) is 7.85 Å². The summed E-state index contributed by atoms with van der Waals surface area (Å²) in [6, 6.07) is 12.3. The van der Waals surface area contributed by atoms with Gasteiger partial charge in [0.2, 0.25) is 0 Å². The van der Waals surface area contributed by atoms with E-state index in [1.54, 1.807) is 0 Å². The number of rotatable bonds is 1. The van der Waals surface area contributed by atoms with Crippen molar-refractivity contribution >= 4 is 13.4 Å². The Morgan fingerprint density at radius 2 is 1.60 bits per heavy atom. The van der Waals surface area contributed by atoms with Gasteiger partial charge in [-0.15, -0.1) is 0 Å². The van der Waals surface area contributed by atoms with Crippen LogP contribution < -0.4 is 5.59 Å². The summed E-state index contributed by atoms with van der Waals surface area (Å²) in [5.41, 5.74) is 4.91. The first-order chi connectivity index (χ1) is 7.16. The second-order valence-corrected chi connectivity index (χ2v) is 3.76. The zero-order chi connectivity index (χ0) is 10.8. The van der Waals surface area contributed by atoms with E-state index in [1.165, 1.54) is 5.56 Å². The van der Waals surface area contributed by atoms with Crippen LogP contribution in [0.2, 0.25) is 0 Å². The topological polar surface area (TPSA) is 12.9 Å². The van der Waals surface area contributed by atoms with Gasteiger partial charge >= 0.3 is 0 Å². The van der Waals surface area contributed by atoms with E-state index in [0.717, 1.165) is 16.8 Å². The van der Waals surface area contributed by atoms with Crippen molar-refractivity contribution < 1.29 is 0 Å². The number of aryl methyl sites for hydroxylation is 2. The third-order valence-electron chi connectivity index (χ3n) is 2.48. The first-order valence-electron chi connectivity index (χ1n) is 4.97. The lowest BCUT2D eigenvalue weighted by Crippen LogP contribution is -2.12. The number of aromatic nitrogens is 1. The number of benzene rings is 1. The summed E-state index contributed by atoms with van der Waals surface area (Å²) in [6.07, 6.45) is 0. The number of pyridine rings is 1. The van der Waals surface area contributed by atoms with Gasteiger partial charge in [-0.2, -0.15) is 0 Å². The number of hydrogen-bond donors (Lipinski definition) is 0. The first kappa shape index (κ1) is 9.97. The molecule has 2 rings (SSSR count). The van der Waals surface area contributed by atoms with Crippen LogP contribution in [0.4, 0.5) is 0 Å². The molecule has 2 aromatic rings. The molecule has 0 saturated heterocycles. The summed E-state index contributed by atoms with van der Waals surface area (Å²) >= 11 is 0. The van der Waals surface area contributed by atoms with E-state index < -0.39 is 0 Å². The molecule has 1 aromatic heterocycles. The minimum atomic E-state index is 0.605. The van der Waals surface area contributed by atoms with Crippen molar-refractivity contribution in [2.75, 3.05) is 0 Å². The van der Waals surface area contributed by atoms with Gasteiger partial charge in [-0.1, -0.05) is 35.9 Å². The summed E-state index contributed by atoms with van der Waals surface area (Å²) in [4.78, 5) is 4.35. The molecule has 72 valence electrons. The zero-order valence-electron chi connectivity index (χ0n) is 8.99. The minimum absolute atomic E-state index is 0.605. The Morgan fingerprint density at radius 1 is 0.933 bits per heavy atom. The molecule has 0 unspecified atom stereocenters. The maximum absolute atomic E-state index is 5.78. The average molecular weight is 193 g/mol. The lowest BCUT2D eigenvalue weighted by atomic mass is 9.97. The van der Waals surface area contributed by atoms with E-state index in [1.807, 2.05) is 19.1 Å². The molecule has 0 bridgehead atoms. The van der Waals surface area contributed by atoms with E-state index in [9.17, 15) is 0 Å². The van der Waals surface area contributed by atoms with E-state index in [-0.39, 0.29) is 0 Å². The molecule has 1 heterocycles. The van der Waals surface area contributed by atoms with Gasteiger partial charge < -0.3 is 0 Å². The third kappa shape index (κ3) is 2.09. The highest BCUT2D eigenvalue weighted by molar-refractivity contribution is 6.31. The van der Waals surface area contributed by atoms with Crippen molar-refractivity contribution in [3.8, 4) is 11.3 Å². The Bertz CT molecular complexity index is 474. The van der Waals surface area contributed by atoms with Gasteiger partial charge in [0.1, 0.15) is 7.85 Å². The summed E-state index contributed by atoms with van der Waals surface area (Å²) < 4.78 is 0. The average Bonchev–Trinajstić information content (AvgIpc) is 2.23. The fourth-order valence-electron chi connectivity index (χ4n) is 1.43. The smallest absolute Gasteiger partial charge is 0.142 e. The summed E-state index contributed by atoms with van der Waals surface area (Å²) in [5.74, 6) is 0. The van der Waals surface area contributed by atoms with Gasteiger partial charge in [0.25, 0.3) is 0 Å². The van der Waals surface area contributed by atoms with Crippen molar-refractivity contribution in [1.29, 1.82) is 0 Å². The standard InChI is InChI=1S/C13H12BN/c1-9-3-6-11(7-4-9)12-8-5-10(2)13(14)15-12/h3-8H,1-2H3. The van der Waals surface area contributed by atoms with Gasteiger partial charge in [-0.25, -0.2) is 0 Å². The molecule has 0 atom stereocenters. The Kier molecular flexibility index (Phi) is 2.59. The number of nitrogens with zero attached hydrogens (tertiary/aromatic N) is 1. The maximum Gasteiger partial charge on any atom is 0.142 e. The van der Waals surface area contributed by atoms with E-state index in [2.05, 4.69) is 36.2 Å². The van der Waals surface area contributed by atoms with Crippen LogP contribution in [0.3, 0.4) is 0 Å². The van der Waals surface area contributed by atoms with Crippen molar-refractivity contribution in [1.82, 2.24) is 4.98 Å². The lowest BCUT2D eigenvalue weighted by Gasteiger charge is -2.05. The molecule has 0 N–H and O–H groups in total. The molecule has 0 amide bonds. The lowest BCUT2D eigenvalue weighted by molar-refractivity contribution is 1.32. The predicted molar refractivity (Wildman–Crippen MR) is 64.5 cm³/mol. The molecule has 0 aliphatic rings. The van der Waals surface area contributed by atoms with Crippen LogP contribution in [0, 0.1) is 13.8 Å². The molecular weight excluding hydrogens is 181 g/mol. The Morgan fingerprint density at radius 3 is 2.20 bits per heavy atom. The summed E-state index contributed by atoms with van der Waals surface area (Å²) in [6.45, 7) is 4.03. The van der Waals surface area contributed by atoms with E-state index >= 15 is 0 Å². The SMILES string of the molecule is [B]c1nc(-c2ccc(C)cc2)ccc1C. The Balaban J connectivity index is 2.45. The largest absolute Gasteiger partial charge is 0.264 e. The van der Waals surface area contributed by atoms with Crippen LogP contribution >= 0.6 is 0 Å². The highest BCUT2D eigenvalue weighted by Crippen LogP contribution is 2.16. The van der Waals surface area contributed by atoms with E-state index in [0.29, 0.717) is 5.59 Å². The third-order valence-corrected chi connectivity index (χ3v) is 2.48. The summed E-state index contributed by atoms with van der Waals surface area (Å²) in [5, 5.41) is 0. The monoisotopic (exact) mass is 193 g/mol. The van der Waals surface area contributed by atoms with Gasteiger partial charge in [-0.05, 0) is 31.1 Å². The van der Waals surface area contributed by atoms with Crippen LogP contribution in [0.15, 0.2) is 36.4 Å². The minimum Gasteiger partial charge on any atom is -0.264 e. The highest BCUT2D eigenvalue weighted by atomic mass is 14.7. The molecule has 2 radical (unpaired) electrons. The van der Waals surface area contributed by atoms with Gasteiger partial charge in [0.15, 0.2) is 0 Å². The van der Waals surface area contributed by atoms with Crippen LogP contribution in [0.5, 0.6) is 0 Å². The molecule has 0 aliphatic heterocycles. The summed E-state index contributed by atoms with van der Waals surface area (Å²) in [7, 11) is 5.78. The molecular formula is C13H12BN. The second kappa shape index (κ2) is 3.89. The highest BCUT2D eigenvalue weighted by Gasteiger charge is 2.00. The Hall–Kier alpha value is -1.57. The molecule has 2 heteroatoms. The maximum atomic E-state index is 5.78. The molecule has 0 spiro atoms. The van der Waals surface area contributed by atoms with Crippen LogP contribution in [-0.4, -0.2) is 12.8 Å². The number of hydrogen-bond acceptors (Lipinski definition) is 1. The molecule has 0 saturated carbocycles. The fourth-order valence-corrected chi connectivity index (χ4v) is 1.43. The second-order valence-electron chi connectivity index (χ2n) is 3.76.